The number of hydrogen-bond acceptors (Lipinski definition) is 2. The molecule has 0 aromatic heterocycles. The third-order valence-corrected chi connectivity index (χ3v) is 3.41. The largest absolute Gasteiger partial charge is 0.396 e. The molecule has 1 fully saturated rings. The van der Waals surface area contributed by atoms with Crippen LogP contribution in [0.4, 0.5) is 0 Å². The fraction of sp³-hybridized carbons (Fsp3) is 1.00. The molecule has 1 aliphatic rings. The summed E-state index contributed by atoms with van der Waals surface area (Å²) in [5.74, 6) is 0. The van der Waals surface area contributed by atoms with Crippen molar-refractivity contribution in [1.82, 2.24) is 4.90 Å². The van der Waals surface area contributed by atoms with E-state index in [1.54, 1.807) is 0 Å². The van der Waals surface area contributed by atoms with Crippen molar-refractivity contribution in [2.45, 2.75) is 46.1 Å². The molecule has 1 N–H and O–H groups in total. The molecule has 2 nitrogen and oxygen atoms in total. The van der Waals surface area contributed by atoms with Crippen molar-refractivity contribution >= 4 is 0 Å². The maximum Gasteiger partial charge on any atom is 0.0448 e. The summed E-state index contributed by atoms with van der Waals surface area (Å²) in [6.45, 7) is 11.7. The number of rotatable bonds is 4. The van der Waals surface area contributed by atoms with Crippen LogP contribution in [0.25, 0.3) is 0 Å². The zero-order chi connectivity index (χ0) is 10.1. The molecule has 0 bridgehead atoms. The SMILES string of the molecule is CCC(C)(CCO)N1CC(C)(C)C1. The van der Waals surface area contributed by atoms with Crippen LogP contribution in [-0.4, -0.2) is 35.2 Å². The highest BCUT2D eigenvalue weighted by molar-refractivity contribution is 4.97. The molecule has 2 heteroatoms. The van der Waals surface area contributed by atoms with E-state index in [0.29, 0.717) is 12.0 Å². The number of aliphatic hydroxyl groups is 1. The monoisotopic (exact) mass is 185 g/mol. The fourth-order valence-corrected chi connectivity index (χ4v) is 2.17. The molecular weight excluding hydrogens is 162 g/mol. The highest BCUT2D eigenvalue weighted by Gasteiger charge is 2.42. The van der Waals surface area contributed by atoms with Crippen LogP contribution in [0.15, 0.2) is 0 Å². The molecule has 0 saturated carbocycles. The average molecular weight is 185 g/mol. The summed E-state index contributed by atoms with van der Waals surface area (Å²) >= 11 is 0. The van der Waals surface area contributed by atoms with Gasteiger partial charge in [-0.2, -0.15) is 0 Å². The predicted molar refractivity (Wildman–Crippen MR) is 55.8 cm³/mol. The van der Waals surface area contributed by atoms with Gasteiger partial charge < -0.3 is 5.11 Å². The van der Waals surface area contributed by atoms with E-state index in [-0.39, 0.29) is 5.54 Å². The van der Waals surface area contributed by atoms with Crippen molar-refractivity contribution in [3.8, 4) is 0 Å². The van der Waals surface area contributed by atoms with Gasteiger partial charge in [0.05, 0.1) is 0 Å². The standard InChI is InChI=1S/C11H23NO/c1-5-11(4,6-7-13)12-8-10(2,3)9-12/h13H,5-9H2,1-4H3. The van der Waals surface area contributed by atoms with Gasteiger partial charge >= 0.3 is 0 Å². The molecule has 1 rings (SSSR count). The molecule has 0 spiro atoms. The lowest BCUT2D eigenvalue weighted by Crippen LogP contribution is -2.62. The zero-order valence-electron chi connectivity index (χ0n) is 9.43. The number of hydrogen-bond donors (Lipinski definition) is 1. The maximum absolute atomic E-state index is 9.00. The second-order valence-corrected chi connectivity index (χ2v) is 5.34. The number of likely N-dealkylation sites (tertiary alicyclic amines) is 1. The zero-order valence-corrected chi connectivity index (χ0v) is 9.43. The van der Waals surface area contributed by atoms with Crippen LogP contribution in [0.5, 0.6) is 0 Å². The second kappa shape index (κ2) is 3.58. The van der Waals surface area contributed by atoms with Crippen LogP contribution in [0.3, 0.4) is 0 Å². The summed E-state index contributed by atoms with van der Waals surface area (Å²) in [6.07, 6.45) is 2.03. The van der Waals surface area contributed by atoms with Gasteiger partial charge in [-0.3, -0.25) is 4.90 Å². The van der Waals surface area contributed by atoms with Crippen LogP contribution in [0, 0.1) is 5.41 Å². The first-order valence-corrected chi connectivity index (χ1v) is 5.29. The lowest BCUT2D eigenvalue weighted by Gasteiger charge is -2.55. The first kappa shape index (κ1) is 11.0. The number of aliphatic hydroxyl groups excluding tert-OH is 1. The predicted octanol–water partition coefficient (Wildman–Crippen LogP) is 1.88. The topological polar surface area (TPSA) is 23.5 Å². The Labute approximate surface area is 81.9 Å². The maximum atomic E-state index is 9.00. The molecule has 0 radical (unpaired) electrons. The Balaban J connectivity index is 2.50. The lowest BCUT2D eigenvalue weighted by molar-refractivity contribution is -0.0630. The first-order valence-electron chi connectivity index (χ1n) is 5.29. The summed E-state index contributed by atoms with van der Waals surface area (Å²) in [4.78, 5) is 2.50. The Hall–Kier alpha value is -0.0800. The van der Waals surface area contributed by atoms with E-state index in [9.17, 15) is 0 Å². The van der Waals surface area contributed by atoms with Crippen LogP contribution in [-0.2, 0) is 0 Å². The summed E-state index contributed by atoms with van der Waals surface area (Å²) in [5, 5.41) is 9.00. The Morgan fingerprint density at radius 3 is 2.23 bits per heavy atom. The van der Waals surface area contributed by atoms with Crippen molar-refractivity contribution in [3.63, 3.8) is 0 Å². The summed E-state index contributed by atoms with van der Waals surface area (Å²) < 4.78 is 0. The Morgan fingerprint density at radius 1 is 1.38 bits per heavy atom. The summed E-state index contributed by atoms with van der Waals surface area (Å²) in [6, 6.07) is 0. The first-order chi connectivity index (χ1) is 5.93. The van der Waals surface area contributed by atoms with Crippen LogP contribution in [0.2, 0.25) is 0 Å². The van der Waals surface area contributed by atoms with Gasteiger partial charge in [0.25, 0.3) is 0 Å². The van der Waals surface area contributed by atoms with Gasteiger partial charge in [-0.05, 0) is 25.2 Å². The van der Waals surface area contributed by atoms with E-state index in [4.69, 9.17) is 5.11 Å². The minimum Gasteiger partial charge on any atom is -0.396 e. The Morgan fingerprint density at radius 2 is 1.92 bits per heavy atom. The van der Waals surface area contributed by atoms with Gasteiger partial charge in [0.1, 0.15) is 0 Å². The number of nitrogens with zero attached hydrogens (tertiary/aromatic N) is 1. The van der Waals surface area contributed by atoms with Crippen LogP contribution >= 0.6 is 0 Å². The molecule has 0 aromatic carbocycles. The van der Waals surface area contributed by atoms with Crippen molar-refractivity contribution in [2.75, 3.05) is 19.7 Å². The highest BCUT2D eigenvalue weighted by atomic mass is 16.3. The van der Waals surface area contributed by atoms with Gasteiger partial charge in [0, 0.05) is 25.2 Å². The molecule has 78 valence electrons. The average Bonchev–Trinajstić information content (AvgIpc) is 2.00. The van der Waals surface area contributed by atoms with E-state index in [2.05, 4.69) is 32.6 Å². The minimum atomic E-state index is 0.226. The van der Waals surface area contributed by atoms with Gasteiger partial charge in [0.15, 0.2) is 0 Å². The summed E-state index contributed by atoms with van der Waals surface area (Å²) in [5.41, 5.74) is 0.718. The Bertz CT molecular complexity index is 171. The third kappa shape index (κ3) is 2.23. The normalized spacial score (nSPS) is 26.5. The van der Waals surface area contributed by atoms with Crippen molar-refractivity contribution in [2.24, 2.45) is 5.41 Å². The van der Waals surface area contributed by atoms with Crippen molar-refractivity contribution in [1.29, 1.82) is 0 Å². The molecule has 0 aromatic rings. The van der Waals surface area contributed by atoms with Gasteiger partial charge in [-0.25, -0.2) is 0 Å². The lowest BCUT2D eigenvalue weighted by atomic mass is 9.78. The van der Waals surface area contributed by atoms with Gasteiger partial charge in [-0.15, -0.1) is 0 Å². The quantitative estimate of drug-likeness (QED) is 0.723. The highest BCUT2D eigenvalue weighted by Crippen LogP contribution is 2.37. The summed E-state index contributed by atoms with van der Waals surface area (Å²) in [7, 11) is 0. The Kier molecular flexibility index (Phi) is 3.03. The smallest absolute Gasteiger partial charge is 0.0448 e. The van der Waals surface area contributed by atoms with Crippen molar-refractivity contribution in [3.05, 3.63) is 0 Å². The minimum absolute atomic E-state index is 0.226. The molecule has 1 heterocycles. The van der Waals surface area contributed by atoms with E-state index >= 15 is 0 Å². The van der Waals surface area contributed by atoms with E-state index < -0.39 is 0 Å². The van der Waals surface area contributed by atoms with E-state index in [1.807, 2.05) is 0 Å². The molecule has 1 aliphatic heterocycles. The molecule has 1 atom stereocenters. The van der Waals surface area contributed by atoms with Crippen LogP contribution < -0.4 is 0 Å². The molecule has 1 unspecified atom stereocenters. The third-order valence-electron chi connectivity index (χ3n) is 3.41. The molecule has 13 heavy (non-hydrogen) atoms. The van der Waals surface area contributed by atoms with Crippen molar-refractivity contribution < 1.29 is 5.11 Å². The fourth-order valence-electron chi connectivity index (χ4n) is 2.17. The second-order valence-electron chi connectivity index (χ2n) is 5.34. The van der Waals surface area contributed by atoms with Crippen LogP contribution in [0.1, 0.15) is 40.5 Å². The van der Waals surface area contributed by atoms with Gasteiger partial charge in [-0.1, -0.05) is 20.8 Å². The molecule has 0 aliphatic carbocycles. The molecule has 0 amide bonds. The van der Waals surface area contributed by atoms with Gasteiger partial charge in [0.2, 0.25) is 0 Å². The van der Waals surface area contributed by atoms with E-state index in [1.165, 1.54) is 13.1 Å². The molecular formula is C11H23NO. The molecule has 1 saturated heterocycles. The van der Waals surface area contributed by atoms with E-state index in [0.717, 1.165) is 12.8 Å².